The highest BCUT2D eigenvalue weighted by Gasteiger charge is 2.26. The van der Waals surface area contributed by atoms with Crippen LogP contribution in [0, 0.1) is 0 Å². The number of nitrogens with zero attached hydrogens (tertiary/aromatic N) is 1. The van der Waals surface area contributed by atoms with Crippen LogP contribution in [-0.4, -0.2) is 44.6 Å². The number of sulfonamides is 1. The Morgan fingerprint density at radius 1 is 1.36 bits per heavy atom. The van der Waals surface area contributed by atoms with Crippen molar-refractivity contribution in [3.63, 3.8) is 0 Å². The first-order valence-corrected chi connectivity index (χ1v) is 9.54. The van der Waals surface area contributed by atoms with Crippen molar-refractivity contribution in [2.75, 3.05) is 19.3 Å². The molecule has 0 spiro atoms. The monoisotopic (exact) mass is 324 g/mol. The molecule has 22 heavy (non-hydrogen) atoms. The zero-order valence-corrected chi connectivity index (χ0v) is 14.0. The van der Waals surface area contributed by atoms with E-state index in [2.05, 4.69) is 4.72 Å². The molecular weight excluding hydrogens is 300 g/mol. The normalized spacial score (nSPS) is 20.6. The van der Waals surface area contributed by atoms with Gasteiger partial charge in [-0.25, -0.2) is 13.1 Å². The average Bonchev–Trinajstić information content (AvgIpc) is 2.46. The van der Waals surface area contributed by atoms with Crippen LogP contribution in [0.5, 0.6) is 0 Å². The summed E-state index contributed by atoms with van der Waals surface area (Å²) >= 11 is 0. The van der Waals surface area contributed by atoms with Crippen LogP contribution in [0.25, 0.3) is 0 Å². The first kappa shape index (κ1) is 17.0. The van der Waals surface area contributed by atoms with Crippen LogP contribution in [0.2, 0.25) is 0 Å². The number of likely N-dealkylation sites (tertiary alicyclic amines) is 1. The highest BCUT2D eigenvalue weighted by atomic mass is 32.2. The van der Waals surface area contributed by atoms with Gasteiger partial charge >= 0.3 is 0 Å². The number of piperidine rings is 1. The van der Waals surface area contributed by atoms with Crippen LogP contribution >= 0.6 is 0 Å². The van der Waals surface area contributed by atoms with Gasteiger partial charge in [0.05, 0.1) is 6.26 Å². The Labute approximate surface area is 132 Å². The van der Waals surface area contributed by atoms with E-state index in [1.54, 1.807) is 4.90 Å². The minimum atomic E-state index is -3.23. The van der Waals surface area contributed by atoms with Crippen molar-refractivity contribution in [2.45, 2.75) is 38.1 Å². The summed E-state index contributed by atoms with van der Waals surface area (Å²) in [5.41, 5.74) is 1.15. The van der Waals surface area contributed by atoms with Crippen LogP contribution in [0.15, 0.2) is 30.3 Å². The summed E-state index contributed by atoms with van der Waals surface area (Å²) in [7, 11) is -3.23. The molecule has 0 radical (unpaired) electrons. The lowest BCUT2D eigenvalue weighted by atomic mass is 9.96. The van der Waals surface area contributed by atoms with E-state index in [9.17, 15) is 13.2 Å². The molecule has 1 N–H and O–H groups in total. The molecule has 2 rings (SSSR count). The first-order chi connectivity index (χ1) is 10.3. The second-order valence-electron chi connectivity index (χ2n) is 6.08. The fourth-order valence-corrected chi connectivity index (χ4v) is 3.69. The van der Waals surface area contributed by atoms with Crippen molar-refractivity contribution >= 4 is 15.9 Å². The average molecular weight is 324 g/mol. The van der Waals surface area contributed by atoms with Crippen molar-refractivity contribution in [1.82, 2.24) is 9.62 Å². The number of hydrogen-bond acceptors (Lipinski definition) is 3. The molecule has 0 aliphatic carbocycles. The van der Waals surface area contributed by atoms with Gasteiger partial charge in [0.1, 0.15) is 0 Å². The smallest absolute Gasteiger partial charge is 0.223 e. The molecule has 122 valence electrons. The molecule has 0 aromatic heterocycles. The summed E-state index contributed by atoms with van der Waals surface area (Å²) in [4.78, 5) is 14.2. The molecule has 1 aliphatic heterocycles. The molecule has 1 heterocycles. The number of amides is 1. The van der Waals surface area contributed by atoms with Gasteiger partial charge in [0.15, 0.2) is 0 Å². The number of benzene rings is 1. The van der Waals surface area contributed by atoms with Gasteiger partial charge in [-0.15, -0.1) is 0 Å². The third kappa shape index (κ3) is 5.10. The summed E-state index contributed by atoms with van der Waals surface area (Å²) < 4.78 is 25.3. The van der Waals surface area contributed by atoms with E-state index in [0.29, 0.717) is 19.5 Å². The van der Waals surface area contributed by atoms with Gasteiger partial charge in [-0.05, 0) is 24.3 Å². The molecule has 1 saturated heterocycles. The molecule has 6 heteroatoms. The Morgan fingerprint density at radius 3 is 2.68 bits per heavy atom. The second kappa shape index (κ2) is 7.24. The summed E-state index contributed by atoms with van der Waals surface area (Å²) in [6.07, 6.45) is 3.23. The van der Waals surface area contributed by atoms with Crippen LogP contribution in [-0.2, 0) is 14.8 Å². The molecule has 0 unspecified atom stereocenters. The first-order valence-electron chi connectivity index (χ1n) is 7.65. The van der Waals surface area contributed by atoms with Gasteiger partial charge in [-0.3, -0.25) is 4.79 Å². The summed E-state index contributed by atoms with van der Waals surface area (Å²) in [5.74, 6) is 0.258. The fourth-order valence-electron chi connectivity index (χ4n) is 2.89. The van der Waals surface area contributed by atoms with Crippen molar-refractivity contribution in [2.24, 2.45) is 0 Å². The third-order valence-electron chi connectivity index (χ3n) is 4.00. The number of carbonyl (C=O) groups excluding carboxylic acids is 1. The second-order valence-corrected chi connectivity index (χ2v) is 7.86. The Morgan fingerprint density at radius 2 is 2.05 bits per heavy atom. The predicted octanol–water partition coefficient (Wildman–Crippen LogP) is 1.72. The molecule has 1 aromatic carbocycles. The largest absolute Gasteiger partial charge is 0.341 e. The number of nitrogens with one attached hydrogen (secondary N) is 1. The van der Waals surface area contributed by atoms with Crippen molar-refractivity contribution in [3.05, 3.63) is 35.9 Å². The van der Waals surface area contributed by atoms with E-state index >= 15 is 0 Å². The summed E-state index contributed by atoms with van der Waals surface area (Å²) in [6.45, 7) is 3.22. The maximum absolute atomic E-state index is 12.4. The van der Waals surface area contributed by atoms with Gasteiger partial charge in [0, 0.05) is 25.6 Å². The zero-order valence-electron chi connectivity index (χ0n) is 13.2. The van der Waals surface area contributed by atoms with Gasteiger partial charge in [-0.2, -0.15) is 0 Å². The predicted molar refractivity (Wildman–Crippen MR) is 87.1 cm³/mol. The highest BCUT2D eigenvalue weighted by Crippen LogP contribution is 2.21. The van der Waals surface area contributed by atoms with E-state index in [1.807, 2.05) is 37.3 Å². The Hall–Kier alpha value is -1.40. The molecule has 1 fully saturated rings. The van der Waals surface area contributed by atoms with Gasteiger partial charge in [0.25, 0.3) is 0 Å². The Balaban J connectivity index is 1.92. The quantitative estimate of drug-likeness (QED) is 0.897. The van der Waals surface area contributed by atoms with Gasteiger partial charge < -0.3 is 4.90 Å². The van der Waals surface area contributed by atoms with E-state index < -0.39 is 10.0 Å². The van der Waals surface area contributed by atoms with Crippen molar-refractivity contribution in [3.8, 4) is 0 Å². The summed E-state index contributed by atoms with van der Waals surface area (Å²) in [6, 6.07) is 9.81. The Bertz CT molecular complexity index is 601. The fraction of sp³-hybridized carbons (Fsp3) is 0.562. The molecule has 0 saturated carbocycles. The highest BCUT2D eigenvalue weighted by molar-refractivity contribution is 7.88. The number of carbonyl (C=O) groups is 1. The molecule has 1 aromatic rings. The van der Waals surface area contributed by atoms with Gasteiger partial charge in [0.2, 0.25) is 15.9 Å². The maximum atomic E-state index is 12.4. The summed E-state index contributed by atoms with van der Waals surface area (Å²) in [5, 5.41) is 0. The Kier molecular flexibility index (Phi) is 5.58. The van der Waals surface area contributed by atoms with E-state index in [0.717, 1.165) is 24.7 Å². The molecular formula is C16H24N2O3S. The lowest BCUT2D eigenvalue weighted by Gasteiger charge is -2.33. The standard InChI is InChI=1S/C16H24N2O3S/c1-13(14-7-4-3-5-8-14)11-16(19)18-10-6-9-15(12-18)17-22(2,20)21/h3-5,7-8,13,15,17H,6,9-12H2,1-2H3/t13-,15-/m1/s1. The third-order valence-corrected chi connectivity index (χ3v) is 4.77. The minimum Gasteiger partial charge on any atom is -0.341 e. The van der Waals surface area contributed by atoms with E-state index in [-0.39, 0.29) is 17.9 Å². The zero-order chi connectivity index (χ0) is 16.2. The van der Waals surface area contributed by atoms with Crippen LogP contribution in [0.3, 0.4) is 0 Å². The molecule has 5 nitrogen and oxygen atoms in total. The van der Waals surface area contributed by atoms with E-state index in [4.69, 9.17) is 0 Å². The van der Waals surface area contributed by atoms with Gasteiger partial charge in [-0.1, -0.05) is 37.3 Å². The van der Waals surface area contributed by atoms with Crippen molar-refractivity contribution in [1.29, 1.82) is 0 Å². The molecule has 1 aliphatic rings. The van der Waals surface area contributed by atoms with Crippen molar-refractivity contribution < 1.29 is 13.2 Å². The minimum absolute atomic E-state index is 0.0938. The number of rotatable bonds is 5. The van der Waals surface area contributed by atoms with E-state index in [1.165, 1.54) is 0 Å². The SMILES string of the molecule is C[C@H](CC(=O)N1CCC[C@@H](NS(C)(=O)=O)C1)c1ccccc1. The molecule has 0 bridgehead atoms. The molecule has 2 atom stereocenters. The lowest BCUT2D eigenvalue weighted by molar-refractivity contribution is -0.132. The number of hydrogen-bond donors (Lipinski definition) is 1. The lowest BCUT2D eigenvalue weighted by Crippen LogP contribution is -2.49. The van der Waals surface area contributed by atoms with Crippen LogP contribution in [0.4, 0.5) is 0 Å². The van der Waals surface area contributed by atoms with Crippen LogP contribution < -0.4 is 4.72 Å². The topological polar surface area (TPSA) is 66.5 Å². The maximum Gasteiger partial charge on any atom is 0.223 e. The van der Waals surface area contributed by atoms with Crippen LogP contribution in [0.1, 0.15) is 37.7 Å². The molecule has 1 amide bonds.